The summed E-state index contributed by atoms with van der Waals surface area (Å²) in [6, 6.07) is 12.6. The van der Waals surface area contributed by atoms with Crippen molar-refractivity contribution in [2.45, 2.75) is 12.7 Å². The molecule has 0 radical (unpaired) electrons. The molecule has 0 bridgehead atoms. The lowest BCUT2D eigenvalue weighted by Crippen LogP contribution is -2.15. The number of benzene rings is 2. The Morgan fingerprint density at radius 2 is 1.81 bits per heavy atom. The van der Waals surface area contributed by atoms with E-state index in [4.69, 9.17) is 14.0 Å². The van der Waals surface area contributed by atoms with Crippen LogP contribution < -0.4 is 14.2 Å². The molecule has 1 aromatic heterocycles. The number of sulfonamides is 1. The second-order valence-electron chi connectivity index (χ2n) is 5.93. The molecule has 0 saturated carbocycles. The molecule has 3 aromatic rings. The van der Waals surface area contributed by atoms with Gasteiger partial charge in [0.25, 0.3) is 0 Å². The fourth-order valence-electron chi connectivity index (χ4n) is 2.68. The standard InChI is InChI=1S/C19H20N2O5S/c1-13-6-4-5-7-15(13)12-27(22,23)21-19-16(11-20-26-19)14-8-9-17(24-2)18(10-14)25-3/h4-11,21H,12H2,1-3H3. The number of nitrogens with zero attached hydrogens (tertiary/aromatic N) is 1. The fraction of sp³-hybridized carbons (Fsp3) is 0.211. The summed E-state index contributed by atoms with van der Waals surface area (Å²) >= 11 is 0. The highest BCUT2D eigenvalue weighted by atomic mass is 32.2. The maximum absolute atomic E-state index is 12.6. The molecule has 8 heteroatoms. The maximum Gasteiger partial charge on any atom is 0.245 e. The average Bonchev–Trinajstić information content (AvgIpc) is 3.10. The van der Waals surface area contributed by atoms with Crippen molar-refractivity contribution >= 4 is 15.9 Å². The third-order valence-electron chi connectivity index (χ3n) is 4.12. The zero-order valence-electron chi connectivity index (χ0n) is 15.2. The normalized spacial score (nSPS) is 11.2. The first-order chi connectivity index (χ1) is 12.9. The van der Waals surface area contributed by atoms with Gasteiger partial charge in [-0.05, 0) is 35.7 Å². The van der Waals surface area contributed by atoms with Gasteiger partial charge in [-0.3, -0.25) is 4.72 Å². The molecule has 27 heavy (non-hydrogen) atoms. The molecule has 1 N–H and O–H groups in total. The van der Waals surface area contributed by atoms with Gasteiger partial charge in [0.1, 0.15) is 0 Å². The van der Waals surface area contributed by atoms with E-state index in [9.17, 15) is 8.42 Å². The zero-order valence-corrected chi connectivity index (χ0v) is 16.0. The average molecular weight is 388 g/mol. The summed E-state index contributed by atoms with van der Waals surface area (Å²) in [6.07, 6.45) is 1.45. The summed E-state index contributed by atoms with van der Waals surface area (Å²) in [6.45, 7) is 1.87. The summed E-state index contributed by atoms with van der Waals surface area (Å²) in [7, 11) is -0.606. The summed E-state index contributed by atoms with van der Waals surface area (Å²) in [5, 5.41) is 3.73. The van der Waals surface area contributed by atoms with Crippen LogP contribution in [0, 0.1) is 6.92 Å². The maximum atomic E-state index is 12.6. The van der Waals surface area contributed by atoms with Crippen LogP contribution in [0.2, 0.25) is 0 Å². The molecule has 0 aliphatic rings. The highest BCUT2D eigenvalue weighted by Gasteiger charge is 2.20. The lowest BCUT2D eigenvalue weighted by atomic mass is 10.1. The van der Waals surface area contributed by atoms with Gasteiger partial charge in [-0.25, -0.2) is 8.42 Å². The molecule has 0 atom stereocenters. The van der Waals surface area contributed by atoms with E-state index in [0.29, 0.717) is 22.6 Å². The highest BCUT2D eigenvalue weighted by Crippen LogP contribution is 2.35. The summed E-state index contributed by atoms with van der Waals surface area (Å²) in [5.74, 6) is 0.978. The number of anilines is 1. The molecule has 0 amide bonds. The molecule has 3 rings (SSSR count). The first-order valence-corrected chi connectivity index (χ1v) is 9.81. The van der Waals surface area contributed by atoms with Crippen LogP contribution >= 0.6 is 0 Å². The number of aromatic nitrogens is 1. The lowest BCUT2D eigenvalue weighted by molar-refractivity contribution is 0.355. The van der Waals surface area contributed by atoms with Crippen molar-refractivity contribution in [3.63, 3.8) is 0 Å². The van der Waals surface area contributed by atoms with Crippen LogP contribution in [0.15, 0.2) is 53.2 Å². The van der Waals surface area contributed by atoms with Gasteiger partial charge in [0.2, 0.25) is 15.9 Å². The van der Waals surface area contributed by atoms with E-state index in [2.05, 4.69) is 9.88 Å². The zero-order chi connectivity index (χ0) is 19.4. The van der Waals surface area contributed by atoms with Crippen LogP contribution in [-0.4, -0.2) is 27.8 Å². The van der Waals surface area contributed by atoms with E-state index in [0.717, 1.165) is 11.1 Å². The van der Waals surface area contributed by atoms with Gasteiger partial charge < -0.3 is 14.0 Å². The van der Waals surface area contributed by atoms with Crippen LogP contribution in [-0.2, 0) is 15.8 Å². The molecule has 142 valence electrons. The van der Waals surface area contributed by atoms with Crippen LogP contribution in [0.3, 0.4) is 0 Å². The topological polar surface area (TPSA) is 90.7 Å². The predicted octanol–water partition coefficient (Wildman–Crippen LogP) is 3.61. The predicted molar refractivity (Wildman–Crippen MR) is 102 cm³/mol. The Morgan fingerprint density at radius 3 is 2.52 bits per heavy atom. The van der Waals surface area contributed by atoms with E-state index >= 15 is 0 Å². The van der Waals surface area contributed by atoms with E-state index in [1.165, 1.54) is 13.3 Å². The Balaban J connectivity index is 1.88. The van der Waals surface area contributed by atoms with Crippen molar-refractivity contribution < 1.29 is 22.4 Å². The fourth-order valence-corrected chi connectivity index (χ4v) is 3.91. The minimum Gasteiger partial charge on any atom is -0.493 e. The van der Waals surface area contributed by atoms with Gasteiger partial charge in [-0.2, -0.15) is 0 Å². The molecule has 1 heterocycles. The van der Waals surface area contributed by atoms with E-state index in [-0.39, 0.29) is 11.6 Å². The lowest BCUT2D eigenvalue weighted by Gasteiger charge is -2.11. The van der Waals surface area contributed by atoms with Crippen LogP contribution in [0.25, 0.3) is 11.1 Å². The molecule has 0 fully saturated rings. The van der Waals surface area contributed by atoms with Gasteiger partial charge in [-0.1, -0.05) is 35.5 Å². The van der Waals surface area contributed by atoms with Crippen LogP contribution in [0.1, 0.15) is 11.1 Å². The number of hydrogen-bond acceptors (Lipinski definition) is 6. The van der Waals surface area contributed by atoms with Crippen molar-refractivity contribution in [1.29, 1.82) is 0 Å². The van der Waals surface area contributed by atoms with Gasteiger partial charge in [0.15, 0.2) is 11.5 Å². The minimum atomic E-state index is -3.68. The number of hydrogen-bond donors (Lipinski definition) is 1. The second-order valence-corrected chi connectivity index (χ2v) is 7.65. The Hall–Kier alpha value is -3.00. The SMILES string of the molecule is COc1ccc(-c2cnoc2NS(=O)(=O)Cc2ccccc2C)cc1OC. The number of rotatable bonds is 7. The number of nitrogens with one attached hydrogen (secondary N) is 1. The number of methoxy groups -OCH3 is 2. The Labute approximate surface area is 158 Å². The van der Waals surface area contributed by atoms with E-state index in [1.54, 1.807) is 37.4 Å². The molecular formula is C19H20N2O5S. The van der Waals surface area contributed by atoms with Crippen molar-refractivity contribution in [1.82, 2.24) is 5.16 Å². The second kappa shape index (κ2) is 7.71. The van der Waals surface area contributed by atoms with Gasteiger partial charge in [-0.15, -0.1) is 0 Å². The van der Waals surface area contributed by atoms with E-state index in [1.807, 2.05) is 19.1 Å². The summed E-state index contributed by atoms with van der Waals surface area (Å²) in [5.41, 5.74) is 2.81. The number of ether oxygens (including phenoxy) is 2. The first kappa shape index (κ1) is 18.8. The smallest absolute Gasteiger partial charge is 0.245 e. The quantitative estimate of drug-likeness (QED) is 0.665. The van der Waals surface area contributed by atoms with Gasteiger partial charge in [0.05, 0.1) is 31.7 Å². The third-order valence-corrected chi connectivity index (χ3v) is 5.31. The Morgan fingerprint density at radius 1 is 1.07 bits per heavy atom. The molecule has 0 aliphatic heterocycles. The third kappa shape index (κ3) is 4.22. The molecule has 2 aromatic carbocycles. The van der Waals surface area contributed by atoms with Crippen molar-refractivity contribution in [2.24, 2.45) is 0 Å². The first-order valence-electron chi connectivity index (χ1n) is 8.15. The molecule has 0 unspecified atom stereocenters. The monoisotopic (exact) mass is 388 g/mol. The molecule has 7 nitrogen and oxygen atoms in total. The van der Waals surface area contributed by atoms with Gasteiger partial charge >= 0.3 is 0 Å². The largest absolute Gasteiger partial charge is 0.493 e. The Bertz CT molecular complexity index is 1040. The molecular weight excluding hydrogens is 368 g/mol. The summed E-state index contributed by atoms with van der Waals surface area (Å²) in [4.78, 5) is 0. The van der Waals surface area contributed by atoms with Crippen molar-refractivity contribution in [3.8, 4) is 22.6 Å². The highest BCUT2D eigenvalue weighted by molar-refractivity contribution is 7.91. The molecule has 0 saturated heterocycles. The van der Waals surface area contributed by atoms with Crippen LogP contribution in [0.4, 0.5) is 5.88 Å². The summed E-state index contributed by atoms with van der Waals surface area (Å²) < 4.78 is 43.3. The molecule has 0 aliphatic carbocycles. The van der Waals surface area contributed by atoms with Crippen molar-refractivity contribution in [2.75, 3.05) is 18.9 Å². The van der Waals surface area contributed by atoms with Gasteiger partial charge in [0, 0.05) is 0 Å². The van der Waals surface area contributed by atoms with E-state index < -0.39 is 10.0 Å². The molecule has 0 spiro atoms. The number of aryl methyl sites for hydroxylation is 1. The Kier molecular flexibility index (Phi) is 5.36. The van der Waals surface area contributed by atoms with Crippen LogP contribution in [0.5, 0.6) is 11.5 Å². The minimum absolute atomic E-state index is 0.0517. The van der Waals surface area contributed by atoms with Crippen molar-refractivity contribution in [3.05, 3.63) is 59.8 Å².